The van der Waals surface area contributed by atoms with Crippen LogP contribution in [0.5, 0.6) is 5.75 Å². The normalized spacial score (nSPS) is 10.8. The molecule has 3 aromatic rings. The Morgan fingerprint density at radius 2 is 1.85 bits per heavy atom. The van der Waals surface area contributed by atoms with E-state index in [9.17, 15) is 9.59 Å². The van der Waals surface area contributed by atoms with Gasteiger partial charge in [0.1, 0.15) is 12.4 Å². The number of nitrogen functional groups attached to an aromatic ring is 1. The molecule has 0 atom stereocenters. The Bertz CT molecular complexity index is 1130. The van der Waals surface area contributed by atoms with Crippen LogP contribution in [0.3, 0.4) is 0 Å². The average Bonchev–Trinajstić information content (AvgIpc) is 3.13. The van der Waals surface area contributed by atoms with Crippen molar-refractivity contribution in [2.45, 2.75) is 45.4 Å². The van der Waals surface area contributed by atoms with E-state index in [4.69, 9.17) is 10.6 Å². The zero-order valence-electron chi connectivity index (χ0n) is 19.1. The number of urea groups is 1. The van der Waals surface area contributed by atoms with Crippen LogP contribution in [0, 0.1) is 13.8 Å². The average molecular weight is 469 g/mol. The molecule has 174 valence electrons. The third kappa shape index (κ3) is 6.48. The largest absolute Gasteiger partial charge is 0.486 e. The second-order valence-electron chi connectivity index (χ2n) is 7.82. The maximum atomic E-state index is 12.2. The van der Waals surface area contributed by atoms with E-state index in [0.717, 1.165) is 22.9 Å². The van der Waals surface area contributed by atoms with Crippen molar-refractivity contribution in [2.75, 3.05) is 16.9 Å². The van der Waals surface area contributed by atoms with E-state index in [2.05, 4.69) is 34.7 Å². The minimum Gasteiger partial charge on any atom is -0.486 e. The van der Waals surface area contributed by atoms with Gasteiger partial charge in [-0.3, -0.25) is 10.1 Å². The van der Waals surface area contributed by atoms with Crippen LogP contribution in [0.25, 0.3) is 0 Å². The van der Waals surface area contributed by atoms with Gasteiger partial charge in [-0.1, -0.05) is 49.9 Å². The van der Waals surface area contributed by atoms with Crippen molar-refractivity contribution in [3.8, 4) is 5.75 Å². The number of aryl methyl sites for hydroxylation is 1. The van der Waals surface area contributed by atoms with Crippen molar-refractivity contribution in [3.05, 3.63) is 65.0 Å². The van der Waals surface area contributed by atoms with Crippen LogP contribution in [0.15, 0.2) is 47.6 Å². The monoisotopic (exact) mass is 468 g/mol. The molecule has 0 aliphatic heterocycles. The van der Waals surface area contributed by atoms with Crippen LogP contribution < -0.4 is 21.2 Å². The Balaban J connectivity index is 1.48. The maximum Gasteiger partial charge on any atom is 0.325 e. The lowest BCUT2D eigenvalue weighted by Crippen LogP contribution is -2.35. The summed E-state index contributed by atoms with van der Waals surface area (Å²) in [5.41, 5.74) is 3.86. The molecule has 10 heteroatoms. The molecule has 3 amide bonds. The number of anilines is 1. The number of aromatic nitrogens is 3. The van der Waals surface area contributed by atoms with Crippen molar-refractivity contribution in [2.24, 2.45) is 0 Å². The number of imide groups is 1. The van der Waals surface area contributed by atoms with E-state index in [1.807, 2.05) is 50.2 Å². The summed E-state index contributed by atoms with van der Waals surface area (Å²) in [4.78, 5) is 24.3. The van der Waals surface area contributed by atoms with Gasteiger partial charge in [-0.25, -0.2) is 9.47 Å². The Hall–Kier alpha value is -3.53. The number of hydrogen-bond acceptors (Lipinski definition) is 7. The number of ether oxygens (including phenoxy) is 1. The van der Waals surface area contributed by atoms with Gasteiger partial charge in [-0.05, 0) is 54.7 Å². The van der Waals surface area contributed by atoms with Crippen LogP contribution in [-0.2, 0) is 11.4 Å². The molecule has 0 bridgehead atoms. The first-order valence-electron chi connectivity index (χ1n) is 10.5. The Morgan fingerprint density at radius 3 is 2.55 bits per heavy atom. The molecule has 1 aromatic heterocycles. The van der Waals surface area contributed by atoms with Gasteiger partial charge in [0, 0.05) is 5.69 Å². The number of amides is 3. The quantitative estimate of drug-likeness (QED) is 0.340. The van der Waals surface area contributed by atoms with Crippen LogP contribution in [0.2, 0.25) is 0 Å². The number of nitrogens with two attached hydrogens (primary N) is 1. The Labute approximate surface area is 197 Å². The van der Waals surface area contributed by atoms with Crippen LogP contribution in [0.4, 0.5) is 10.5 Å². The molecule has 0 saturated carbocycles. The molecule has 0 spiro atoms. The Morgan fingerprint density at radius 1 is 1.12 bits per heavy atom. The summed E-state index contributed by atoms with van der Waals surface area (Å²) in [6.45, 7) is 8.24. The highest BCUT2D eigenvalue weighted by atomic mass is 32.2. The number of nitrogens with zero attached hydrogens (tertiary/aromatic N) is 3. The summed E-state index contributed by atoms with van der Waals surface area (Å²) in [5.74, 6) is 7.07. The fraction of sp³-hybridized carbons (Fsp3) is 0.304. The third-order valence-corrected chi connectivity index (χ3v) is 6.03. The van der Waals surface area contributed by atoms with Gasteiger partial charge >= 0.3 is 6.03 Å². The second-order valence-corrected chi connectivity index (χ2v) is 8.76. The minimum absolute atomic E-state index is 0.0485. The van der Waals surface area contributed by atoms with Gasteiger partial charge in [0.25, 0.3) is 0 Å². The zero-order valence-corrected chi connectivity index (χ0v) is 19.9. The van der Waals surface area contributed by atoms with Crippen LogP contribution in [0.1, 0.15) is 42.3 Å². The fourth-order valence-corrected chi connectivity index (χ4v) is 3.61. The predicted molar refractivity (Wildman–Crippen MR) is 129 cm³/mol. The highest BCUT2D eigenvalue weighted by Gasteiger charge is 2.15. The standard InChI is InChI=1S/C23H28N6O3S/c1-14(2)17-8-10-18(11-9-17)32-12-20-27-28-23(29(20)24)33-13-21(30)26-22(31)25-19-7-5-6-15(3)16(19)4/h5-11,14H,12-13,24H2,1-4H3,(H2,25,26,30,31). The molecule has 0 saturated heterocycles. The van der Waals surface area contributed by atoms with E-state index in [1.54, 1.807) is 6.07 Å². The summed E-state index contributed by atoms with van der Waals surface area (Å²) in [5, 5.41) is 13.3. The highest BCUT2D eigenvalue weighted by molar-refractivity contribution is 7.99. The summed E-state index contributed by atoms with van der Waals surface area (Å²) in [6.07, 6.45) is 0. The van der Waals surface area contributed by atoms with Gasteiger partial charge in [-0.15, -0.1) is 10.2 Å². The molecule has 2 aromatic carbocycles. The van der Waals surface area contributed by atoms with Crippen molar-refractivity contribution >= 4 is 29.4 Å². The lowest BCUT2D eigenvalue weighted by Gasteiger charge is -2.10. The minimum atomic E-state index is -0.596. The van der Waals surface area contributed by atoms with Crippen molar-refractivity contribution in [1.29, 1.82) is 0 Å². The van der Waals surface area contributed by atoms with Crippen LogP contribution >= 0.6 is 11.8 Å². The summed E-state index contributed by atoms with van der Waals surface area (Å²) in [7, 11) is 0. The van der Waals surface area contributed by atoms with Gasteiger partial charge in [0.2, 0.25) is 11.1 Å². The number of carbonyl (C=O) groups is 2. The zero-order chi connectivity index (χ0) is 24.0. The molecule has 0 radical (unpaired) electrons. The maximum absolute atomic E-state index is 12.2. The van der Waals surface area contributed by atoms with E-state index in [0.29, 0.717) is 28.3 Å². The first-order valence-corrected chi connectivity index (χ1v) is 11.4. The lowest BCUT2D eigenvalue weighted by molar-refractivity contribution is -0.117. The van der Waals surface area contributed by atoms with Crippen molar-refractivity contribution in [1.82, 2.24) is 20.2 Å². The first kappa shape index (κ1) is 24.1. The van der Waals surface area contributed by atoms with E-state index in [1.165, 1.54) is 10.2 Å². The molecule has 0 fully saturated rings. The predicted octanol–water partition coefficient (Wildman–Crippen LogP) is 3.75. The molecule has 1 heterocycles. The van der Waals surface area contributed by atoms with E-state index in [-0.39, 0.29) is 12.4 Å². The summed E-state index contributed by atoms with van der Waals surface area (Å²) in [6, 6.07) is 12.8. The van der Waals surface area contributed by atoms with E-state index < -0.39 is 11.9 Å². The molecule has 4 N–H and O–H groups in total. The third-order valence-electron chi connectivity index (χ3n) is 5.09. The van der Waals surface area contributed by atoms with E-state index >= 15 is 0 Å². The summed E-state index contributed by atoms with van der Waals surface area (Å²) >= 11 is 1.07. The number of rotatable bonds is 8. The topological polar surface area (TPSA) is 124 Å². The van der Waals surface area contributed by atoms with Gasteiger partial charge in [0.15, 0.2) is 5.82 Å². The number of hydrogen-bond donors (Lipinski definition) is 3. The first-order chi connectivity index (χ1) is 15.7. The molecule has 9 nitrogen and oxygen atoms in total. The second kappa shape index (κ2) is 10.9. The molecule has 0 unspecified atom stereocenters. The van der Waals surface area contributed by atoms with Crippen molar-refractivity contribution < 1.29 is 14.3 Å². The fourth-order valence-electron chi connectivity index (χ4n) is 2.93. The number of nitrogens with one attached hydrogen (secondary N) is 2. The molecule has 3 rings (SSSR count). The molecule has 0 aliphatic carbocycles. The van der Waals surface area contributed by atoms with Crippen LogP contribution in [-0.4, -0.2) is 32.6 Å². The van der Waals surface area contributed by atoms with Gasteiger partial charge in [0.05, 0.1) is 5.75 Å². The molecular weight excluding hydrogens is 440 g/mol. The molecular formula is C23H28N6O3S. The molecule has 0 aliphatic rings. The lowest BCUT2D eigenvalue weighted by atomic mass is 10.0. The molecule has 33 heavy (non-hydrogen) atoms. The number of carbonyl (C=O) groups excluding carboxylic acids is 2. The van der Waals surface area contributed by atoms with Gasteiger partial charge in [-0.2, -0.15) is 0 Å². The van der Waals surface area contributed by atoms with Gasteiger partial charge < -0.3 is 15.9 Å². The van der Waals surface area contributed by atoms with Crippen molar-refractivity contribution in [3.63, 3.8) is 0 Å². The summed E-state index contributed by atoms with van der Waals surface area (Å²) < 4.78 is 7.00. The number of thioether (sulfide) groups is 1. The SMILES string of the molecule is Cc1cccc(NC(=O)NC(=O)CSc2nnc(COc3ccc(C(C)C)cc3)n2N)c1C. The smallest absolute Gasteiger partial charge is 0.325 e. The highest BCUT2D eigenvalue weighted by Crippen LogP contribution is 2.20. The Kier molecular flexibility index (Phi) is 7.94. The number of benzene rings is 2.